The Balaban J connectivity index is 2.24. The van der Waals surface area contributed by atoms with E-state index < -0.39 is 0 Å². The van der Waals surface area contributed by atoms with E-state index in [0.717, 1.165) is 30.2 Å². The summed E-state index contributed by atoms with van der Waals surface area (Å²) >= 11 is 6.05. The van der Waals surface area contributed by atoms with Crippen LogP contribution in [0.3, 0.4) is 0 Å². The minimum Gasteiger partial charge on any atom is -0.394 e. The molecule has 100 valence electrons. The molecule has 0 spiro atoms. The van der Waals surface area contributed by atoms with Crippen LogP contribution in [0.15, 0.2) is 24.3 Å². The van der Waals surface area contributed by atoms with E-state index in [-0.39, 0.29) is 12.6 Å². The predicted molar refractivity (Wildman–Crippen MR) is 76.4 cm³/mol. The molecule has 1 saturated heterocycles. The van der Waals surface area contributed by atoms with Crippen molar-refractivity contribution in [2.24, 2.45) is 0 Å². The molecular formula is C14H21ClN2O. The lowest BCUT2D eigenvalue weighted by Crippen LogP contribution is -2.43. The van der Waals surface area contributed by atoms with Crippen LogP contribution in [-0.2, 0) is 0 Å². The van der Waals surface area contributed by atoms with Crippen LogP contribution in [0.2, 0.25) is 5.02 Å². The molecule has 0 amide bonds. The van der Waals surface area contributed by atoms with Gasteiger partial charge in [0.2, 0.25) is 0 Å². The van der Waals surface area contributed by atoms with Crippen molar-refractivity contribution in [1.29, 1.82) is 0 Å². The summed E-state index contributed by atoms with van der Waals surface area (Å²) in [7, 11) is 2.12. The Hall–Kier alpha value is -0.770. The maximum atomic E-state index is 9.62. The van der Waals surface area contributed by atoms with Gasteiger partial charge in [0.15, 0.2) is 0 Å². The molecule has 1 N–H and O–H groups in total. The quantitative estimate of drug-likeness (QED) is 0.891. The summed E-state index contributed by atoms with van der Waals surface area (Å²) in [6.45, 7) is 4.24. The summed E-state index contributed by atoms with van der Waals surface area (Å²) < 4.78 is 0. The van der Waals surface area contributed by atoms with Gasteiger partial charge in [0.1, 0.15) is 0 Å². The van der Waals surface area contributed by atoms with Crippen LogP contribution in [0.4, 0.5) is 5.69 Å². The second-order valence-electron chi connectivity index (χ2n) is 5.09. The van der Waals surface area contributed by atoms with E-state index in [1.807, 2.05) is 18.2 Å². The summed E-state index contributed by atoms with van der Waals surface area (Å²) in [5.41, 5.74) is 1.10. The molecule has 0 saturated carbocycles. The lowest BCUT2D eigenvalue weighted by Gasteiger charge is -2.31. The Kier molecular flexibility index (Phi) is 4.49. The van der Waals surface area contributed by atoms with Crippen LogP contribution >= 0.6 is 11.6 Å². The lowest BCUT2D eigenvalue weighted by molar-refractivity contribution is 0.206. The van der Waals surface area contributed by atoms with E-state index in [9.17, 15) is 5.11 Å². The average Bonchev–Trinajstić information content (AvgIpc) is 2.50. The molecule has 2 rings (SSSR count). The second kappa shape index (κ2) is 5.91. The molecule has 2 unspecified atom stereocenters. The number of anilines is 1. The number of benzene rings is 1. The largest absolute Gasteiger partial charge is 0.394 e. The summed E-state index contributed by atoms with van der Waals surface area (Å²) in [5, 5.41) is 10.4. The first-order chi connectivity index (χ1) is 8.61. The van der Waals surface area contributed by atoms with E-state index in [0.29, 0.717) is 6.04 Å². The number of nitrogens with zero attached hydrogens (tertiary/aromatic N) is 2. The maximum absolute atomic E-state index is 9.62. The monoisotopic (exact) mass is 268 g/mol. The highest BCUT2D eigenvalue weighted by Gasteiger charge is 2.26. The minimum atomic E-state index is 0.137. The van der Waals surface area contributed by atoms with Crippen LogP contribution < -0.4 is 4.90 Å². The summed E-state index contributed by atoms with van der Waals surface area (Å²) in [4.78, 5) is 4.58. The number of halogens is 1. The van der Waals surface area contributed by atoms with Gasteiger partial charge in [0, 0.05) is 29.8 Å². The summed E-state index contributed by atoms with van der Waals surface area (Å²) in [6, 6.07) is 8.56. The Morgan fingerprint density at radius 1 is 1.44 bits per heavy atom. The molecule has 1 aliphatic rings. The molecular weight excluding hydrogens is 248 g/mol. The third-order valence-electron chi connectivity index (χ3n) is 3.83. The molecule has 1 aliphatic heterocycles. The fraction of sp³-hybridized carbons (Fsp3) is 0.571. The zero-order valence-electron chi connectivity index (χ0n) is 11.0. The van der Waals surface area contributed by atoms with Crippen molar-refractivity contribution < 1.29 is 5.11 Å². The van der Waals surface area contributed by atoms with Crippen molar-refractivity contribution in [3.8, 4) is 0 Å². The van der Waals surface area contributed by atoms with Gasteiger partial charge < -0.3 is 14.9 Å². The summed E-state index contributed by atoms with van der Waals surface area (Å²) in [5.74, 6) is 0. The molecule has 1 fully saturated rings. The van der Waals surface area contributed by atoms with E-state index in [1.165, 1.54) is 0 Å². The molecule has 0 aliphatic carbocycles. The third kappa shape index (κ3) is 2.97. The number of aliphatic hydroxyl groups excluding tert-OH is 1. The van der Waals surface area contributed by atoms with Crippen LogP contribution in [-0.4, -0.2) is 48.8 Å². The topological polar surface area (TPSA) is 26.7 Å². The molecule has 1 aromatic carbocycles. The third-order valence-corrected chi connectivity index (χ3v) is 4.07. The van der Waals surface area contributed by atoms with E-state index >= 15 is 0 Å². The van der Waals surface area contributed by atoms with Gasteiger partial charge in [-0.3, -0.25) is 0 Å². The highest BCUT2D eigenvalue weighted by atomic mass is 35.5. The second-order valence-corrected chi connectivity index (χ2v) is 5.52. The fourth-order valence-electron chi connectivity index (χ4n) is 2.49. The molecule has 2 atom stereocenters. The zero-order chi connectivity index (χ0) is 13.1. The van der Waals surface area contributed by atoms with E-state index in [4.69, 9.17) is 11.6 Å². The summed E-state index contributed by atoms with van der Waals surface area (Å²) in [6.07, 6.45) is 1.10. The Morgan fingerprint density at radius 3 is 2.89 bits per heavy atom. The Morgan fingerprint density at radius 2 is 2.22 bits per heavy atom. The Labute approximate surface area is 114 Å². The van der Waals surface area contributed by atoms with Gasteiger partial charge in [-0.15, -0.1) is 0 Å². The first-order valence-electron chi connectivity index (χ1n) is 6.45. The van der Waals surface area contributed by atoms with Gasteiger partial charge in [-0.2, -0.15) is 0 Å². The highest BCUT2D eigenvalue weighted by molar-refractivity contribution is 6.30. The SMILES string of the molecule is CC1CCN(c2cccc(Cl)c2)C(CO)CN1C. The van der Waals surface area contributed by atoms with Gasteiger partial charge in [0.25, 0.3) is 0 Å². The minimum absolute atomic E-state index is 0.137. The van der Waals surface area contributed by atoms with Crippen LogP contribution in [0.5, 0.6) is 0 Å². The first-order valence-corrected chi connectivity index (χ1v) is 6.83. The Bertz CT molecular complexity index is 399. The maximum Gasteiger partial charge on any atom is 0.0647 e. The molecule has 3 nitrogen and oxygen atoms in total. The van der Waals surface area contributed by atoms with Crippen molar-refractivity contribution in [3.05, 3.63) is 29.3 Å². The average molecular weight is 269 g/mol. The van der Waals surface area contributed by atoms with Gasteiger partial charge in [-0.25, -0.2) is 0 Å². The molecule has 18 heavy (non-hydrogen) atoms. The lowest BCUT2D eigenvalue weighted by atomic mass is 10.2. The zero-order valence-corrected chi connectivity index (χ0v) is 11.8. The molecule has 0 aromatic heterocycles. The molecule has 0 bridgehead atoms. The number of likely N-dealkylation sites (N-methyl/N-ethyl adjacent to an activating group) is 1. The number of aliphatic hydroxyl groups is 1. The number of rotatable bonds is 2. The van der Waals surface area contributed by atoms with Gasteiger partial charge in [0.05, 0.1) is 12.6 Å². The van der Waals surface area contributed by atoms with Crippen molar-refractivity contribution >= 4 is 17.3 Å². The normalized spacial score (nSPS) is 26.1. The number of hydrogen-bond donors (Lipinski definition) is 1. The van der Waals surface area contributed by atoms with E-state index in [2.05, 4.69) is 29.8 Å². The molecule has 1 aromatic rings. The van der Waals surface area contributed by atoms with Crippen molar-refractivity contribution in [2.75, 3.05) is 31.6 Å². The predicted octanol–water partition coefficient (Wildman–Crippen LogP) is 2.23. The first kappa shape index (κ1) is 13.7. The highest BCUT2D eigenvalue weighted by Crippen LogP contribution is 2.24. The van der Waals surface area contributed by atoms with Crippen molar-refractivity contribution in [2.45, 2.75) is 25.4 Å². The van der Waals surface area contributed by atoms with Gasteiger partial charge in [-0.05, 0) is 38.6 Å². The van der Waals surface area contributed by atoms with Crippen molar-refractivity contribution in [3.63, 3.8) is 0 Å². The van der Waals surface area contributed by atoms with Gasteiger partial charge >= 0.3 is 0 Å². The number of hydrogen-bond acceptors (Lipinski definition) is 3. The molecule has 0 radical (unpaired) electrons. The molecule has 4 heteroatoms. The smallest absolute Gasteiger partial charge is 0.0647 e. The van der Waals surface area contributed by atoms with Crippen LogP contribution in [0.25, 0.3) is 0 Å². The van der Waals surface area contributed by atoms with E-state index in [1.54, 1.807) is 0 Å². The fourth-order valence-corrected chi connectivity index (χ4v) is 2.68. The standard InChI is InChI=1S/C14H21ClN2O/c1-11-6-7-17(14(10-18)9-16(11)2)13-5-3-4-12(15)8-13/h3-5,8,11,14,18H,6-7,9-10H2,1-2H3. The van der Waals surface area contributed by atoms with Crippen LogP contribution in [0.1, 0.15) is 13.3 Å². The van der Waals surface area contributed by atoms with Crippen molar-refractivity contribution in [1.82, 2.24) is 4.90 Å². The van der Waals surface area contributed by atoms with Gasteiger partial charge in [-0.1, -0.05) is 17.7 Å². The molecule has 1 heterocycles. The van der Waals surface area contributed by atoms with Crippen LogP contribution in [0, 0.1) is 0 Å².